The molecule has 1 aliphatic rings. The van der Waals surface area contributed by atoms with Crippen LogP contribution in [0.15, 0.2) is 22.2 Å². The van der Waals surface area contributed by atoms with Crippen molar-refractivity contribution in [2.45, 2.75) is 0 Å². The number of carbonyl (C=O) groups is 2. The maximum Gasteiger partial charge on any atom is 0.265 e. The number of amides is 2. The molecule has 0 aliphatic carbocycles. The topological polar surface area (TPSA) is 69.6 Å². The lowest BCUT2D eigenvalue weighted by Gasteiger charge is -2.25. The number of phenolic OH excluding ortho intramolecular Hbond substituents is 1. The summed E-state index contributed by atoms with van der Waals surface area (Å²) in [5.74, 6) is -1.18. The lowest BCUT2D eigenvalue weighted by atomic mass is 10.1. The van der Waals surface area contributed by atoms with Crippen LogP contribution < -0.4 is 5.32 Å². The van der Waals surface area contributed by atoms with Crippen LogP contribution in [0.5, 0.6) is 5.75 Å². The number of nitrogens with zero attached hydrogens (tertiary/aromatic N) is 1. The molecule has 8 heteroatoms. The second-order valence-corrected chi connectivity index (χ2v) is 5.66. The molecule has 1 aromatic carbocycles. The number of aromatic hydroxyl groups is 1. The van der Waals surface area contributed by atoms with E-state index in [0.717, 1.165) is 0 Å². The molecular formula is C12H8BrClN2O3S. The van der Waals surface area contributed by atoms with E-state index in [-0.39, 0.29) is 21.5 Å². The van der Waals surface area contributed by atoms with Gasteiger partial charge in [0.2, 0.25) is 0 Å². The molecule has 1 saturated heterocycles. The third-order valence-corrected chi connectivity index (χ3v) is 3.92. The molecule has 0 unspecified atom stereocenters. The summed E-state index contributed by atoms with van der Waals surface area (Å²) in [4.78, 5) is 25.0. The van der Waals surface area contributed by atoms with Crippen molar-refractivity contribution in [2.24, 2.45) is 0 Å². The highest BCUT2D eigenvalue weighted by Crippen LogP contribution is 2.33. The minimum absolute atomic E-state index is 0.0575. The molecule has 2 rings (SSSR count). The van der Waals surface area contributed by atoms with Crippen LogP contribution in [0.25, 0.3) is 6.08 Å². The van der Waals surface area contributed by atoms with Gasteiger partial charge in [0.15, 0.2) is 5.11 Å². The zero-order chi connectivity index (χ0) is 15.0. The van der Waals surface area contributed by atoms with E-state index in [0.29, 0.717) is 10.0 Å². The third-order valence-electron chi connectivity index (χ3n) is 2.65. The maximum absolute atomic E-state index is 12.0. The van der Waals surface area contributed by atoms with Crippen LogP contribution in [0.4, 0.5) is 0 Å². The van der Waals surface area contributed by atoms with Gasteiger partial charge in [0, 0.05) is 7.05 Å². The van der Waals surface area contributed by atoms with Crippen molar-refractivity contribution in [3.05, 3.63) is 32.8 Å². The summed E-state index contributed by atoms with van der Waals surface area (Å²) in [6.07, 6.45) is 1.38. The van der Waals surface area contributed by atoms with Crippen LogP contribution >= 0.6 is 39.7 Å². The normalized spacial score (nSPS) is 17.6. The van der Waals surface area contributed by atoms with Gasteiger partial charge in [-0.2, -0.15) is 0 Å². The van der Waals surface area contributed by atoms with Gasteiger partial charge in [0.25, 0.3) is 11.8 Å². The van der Waals surface area contributed by atoms with Crippen LogP contribution in [0.1, 0.15) is 5.56 Å². The molecule has 1 aliphatic heterocycles. The largest absolute Gasteiger partial charge is 0.505 e. The molecule has 2 N–H and O–H groups in total. The summed E-state index contributed by atoms with van der Waals surface area (Å²) < 4.78 is 0.365. The summed E-state index contributed by atoms with van der Waals surface area (Å²) in [6, 6.07) is 2.99. The summed E-state index contributed by atoms with van der Waals surface area (Å²) in [5, 5.41) is 12.1. The Balaban J connectivity index is 2.47. The van der Waals surface area contributed by atoms with Crippen LogP contribution in [0.3, 0.4) is 0 Å². The van der Waals surface area contributed by atoms with Crippen molar-refractivity contribution in [3.8, 4) is 5.75 Å². The Bertz CT molecular complexity index is 652. The molecule has 20 heavy (non-hydrogen) atoms. The fraction of sp³-hybridized carbons (Fsp3) is 0.0833. The van der Waals surface area contributed by atoms with Gasteiger partial charge >= 0.3 is 0 Å². The summed E-state index contributed by atoms with van der Waals surface area (Å²) in [6.45, 7) is 0. The number of hydrogen-bond acceptors (Lipinski definition) is 4. The number of thiocarbonyl (C=S) groups is 1. The predicted octanol–water partition coefficient (Wildman–Crippen LogP) is 2.06. The van der Waals surface area contributed by atoms with E-state index in [4.69, 9.17) is 23.8 Å². The van der Waals surface area contributed by atoms with Gasteiger partial charge < -0.3 is 5.11 Å². The van der Waals surface area contributed by atoms with E-state index < -0.39 is 11.8 Å². The molecule has 0 saturated carbocycles. The van der Waals surface area contributed by atoms with E-state index in [1.54, 1.807) is 6.07 Å². The molecule has 1 aromatic rings. The molecule has 0 spiro atoms. The number of nitrogens with one attached hydrogen (secondary N) is 1. The van der Waals surface area contributed by atoms with E-state index in [2.05, 4.69) is 21.2 Å². The SMILES string of the molecule is CN1C(=O)/C(=C/c2cc(Cl)c(O)c(Br)c2)C(=O)NC1=S. The van der Waals surface area contributed by atoms with Gasteiger partial charge in [-0.3, -0.25) is 19.8 Å². The van der Waals surface area contributed by atoms with E-state index >= 15 is 0 Å². The predicted molar refractivity (Wildman–Crippen MR) is 82.3 cm³/mol. The highest BCUT2D eigenvalue weighted by molar-refractivity contribution is 9.10. The van der Waals surface area contributed by atoms with E-state index in [9.17, 15) is 14.7 Å². The zero-order valence-electron chi connectivity index (χ0n) is 10.1. The summed E-state index contributed by atoms with van der Waals surface area (Å²) >= 11 is 13.8. The Hall–Kier alpha value is -1.44. The molecule has 104 valence electrons. The van der Waals surface area contributed by atoms with Crippen LogP contribution in [-0.4, -0.2) is 34.0 Å². The van der Waals surface area contributed by atoms with Gasteiger partial charge in [-0.1, -0.05) is 11.6 Å². The Morgan fingerprint density at radius 1 is 1.45 bits per heavy atom. The highest BCUT2D eigenvalue weighted by atomic mass is 79.9. The van der Waals surface area contributed by atoms with Crippen molar-refractivity contribution < 1.29 is 14.7 Å². The van der Waals surface area contributed by atoms with E-state index in [1.165, 1.54) is 24.1 Å². The summed E-state index contributed by atoms with van der Waals surface area (Å²) in [5.41, 5.74) is 0.439. The second-order valence-electron chi connectivity index (χ2n) is 4.01. The second kappa shape index (κ2) is 5.51. The first-order valence-corrected chi connectivity index (χ1v) is 6.92. The molecule has 0 radical (unpaired) electrons. The van der Waals surface area contributed by atoms with Crippen LogP contribution in [-0.2, 0) is 9.59 Å². The molecule has 2 amide bonds. The van der Waals surface area contributed by atoms with Crippen molar-refractivity contribution in [2.75, 3.05) is 7.05 Å². The maximum atomic E-state index is 12.0. The number of hydrogen-bond donors (Lipinski definition) is 2. The first-order chi connectivity index (χ1) is 9.31. The number of phenols is 1. The lowest BCUT2D eigenvalue weighted by Crippen LogP contribution is -2.52. The van der Waals surface area contributed by atoms with Gasteiger partial charge in [0.1, 0.15) is 11.3 Å². The van der Waals surface area contributed by atoms with Gasteiger partial charge in [-0.05, 0) is 51.9 Å². The minimum Gasteiger partial charge on any atom is -0.505 e. The monoisotopic (exact) mass is 374 g/mol. The Kier molecular flexibility index (Phi) is 4.12. The molecular weight excluding hydrogens is 368 g/mol. The van der Waals surface area contributed by atoms with Gasteiger partial charge in [-0.15, -0.1) is 0 Å². The number of carbonyl (C=O) groups excluding carboxylic acids is 2. The van der Waals surface area contributed by atoms with Gasteiger partial charge in [0.05, 0.1) is 9.50 Å². The highest BCUT2D eigenvalue weighted by Gasteiger charge is 2.30. The van der Waals surface area contributed by atoms with Crippen molar-refractivity contribution >= 4 is 62.8 Å². The standard InChI is InChI=1S/C12H8BrClN2O3S/c1-16-11(19)6(10(18)15-12(16)20)2-5-3-7(13)9(17)8(14)4-5/h2-4,17H,1H3,(H,15,18,20)/b6-2+. The fourth-order valence-electron chi connectivity index (χ4n) is 1.58. The molecule has 0 atom stereocenters. The first-order valence-electron chi connectivity index (χ1n) is 5.34. The smallest absolute Gasteiger partial charge is 0.265 e. The van der Waals surface area contributed by atoms with Crippen molar-refractivity contribution in [3.63, 3.8) is 0 Å². The number of benzene rings is 1. The molecule has 5 nitrogen and oxygen atoms in total. The Morgan fingerprint density at radius 3 is 2.70 bits per heavy atom. The number of likely N-dealkylation sites (N-methyl/N-ethyl adjacent to an activating group) is 1. The van der Waals surface area contributed by atoms with Crippen LogP contribution in [0, 0.1) is 0 Å². The quantitative estimate of drug-likeness (QED) is 0.448. The van der Waals surface area contributed by atoms with Crippen molar-refractivity contribution in [1.29, 1.82) is 0 Å². The molecule has 1 fully saturated rings. The molecule has 0 aromatic heterocycles. The average Bonchev–Trinajstić information content (AvgIpc) is 2.38. The average molecular weight is 376 g/mol. The van der Waals surface area contributed by atoms with Crippen LogP contribution in [0.2, 0.25) is 5.02 Å². The van der Waals surface area contributed by atoms with Crippen molar-refractivity contribution in [1.82, 2.24) is 10.2 Å². The number of rotatable bonds is 1. The summed E-state index contributed by atoms with van der Waals surface area (Å²) in [7, 11) is 1.47. The lowest BCUT2D eigenvalue weighted by molar-refractivity contribution is -0.128. The minimum atomic E-state index is -0.571. The fourth-order valence-corrected chi connectivity index (χ4v) is 2.58. The van der Waals surface area contributed by atoms with E-state index in [1.807, 2.05) is 0 Å². The molecule has 1 heterocycles. The number of halogens is 2. The Labute approximate surface area is 133 Å². The Morgan fingerprint density at radius 2 is 2.10 bits per heavy atom. The zero-order valence-corrected chi connectivity index (χ0v) is 13.3. The molecule has 0 bridgehead atoms. The first kappa shape index (κ1) is 15.0. The third kappa shape index (κ3) is 2.70. The van der Waals surface area contributed by atoms with Gasteiger partial charge in [-0.25, -0.2) is 0 Å².